The third kappa shape index (κ3) is 3.84. The molecular weight excluding hydrogens is 392 g/mol. The Morgan fingerprint density at radius 3 is 2.55 bits per heavy atom. The Labute approximate surface area is 180 Å². The zero-order valence-corrected chi connectivity index (χ0v) is 16.9. The van der Waals surface area contributed by atoms with E-state index in [2.05, 4.69) is 5.32 Å². The van der Waals surface area contributed by atoms with Gasteiger partial charge in [-0.25, -0.2) is 0 Å². The van der Waals surface area contributed by atoms with E-state index in [0.717, 1.165) is 16.7 Å². The summed E-state index contributed by atoms with van der Waals surface area (Å²) < 4.78 is 10.8. The van der Waals surface area contributed by atoms with Gasteiger partial charge in [-0.1, -0.05) is 54.6 Å². The smallest absolute Gasteiger partial charge is 0.255 e. The summed E-state index contributed by atoms with van der Waals surface area (Å²) in [6.45, 7) is 0.988. The van der Waals surface area contributed by atoms with Gasteiger partial charge in [0.25, 0.3) is 5.91 Å². The predicted octanol–water partition coefficient (Wildman–Crippen LogP) is 3.30. The molecule has 3 aromatic rings. The zero-order valence-electron chi connectivity index (χ0n) is 16.9. The predicted molar refractivity (Wildman–Crippen MR) is 115 cm³/mol. The van der Waals surface area contributed by atoms with Gasteiger partial charge in [0.2, 0.25) is 12.7 Å². The van der Waals surface area contributed by atoms with E-state index in [0.29, 0.717) is 36.6 Å². The number of hydrogen-bond acceptors (Lipinski definition) is 4. The van der Waals surface area contributed by atoms with Crippen molar-refractivity contribution in [3.63, 3.8) is 0 Å². The Hall–Kier alpha value is -3.80. The Morgan fingerprint density at radius 1 is 0.935 bits per heavy atom. The first-order chi connectivity index (χ1) is 15.2. The van der Waals surface area contributed by atoms with Crippen molar-refractivity contribution in [1.29, 1.82) is 0 Å². The number of nitrogens with zero attached hydrogens (tertiary/aromatic N) is 1. The average Bonchev–Trinajstić information content (AvgIpc) is 3.41. The van der Waals surface area contributed by atoms with E-state index >= 15 is 0 Å². The molecule has 31 heavy (non-hydrogen) atoms. The Morgan fingerprint density at radius 2 is 1.71 bits per heavy atom. The number of amides is 2. The molecule has 2 amide bonds. The van der Waals surface area contributed by atoms with E-state index < -0.39 is 6.04 Å². The minimum absolute atomic E-state index is 0.102. The number of hydrogen-bond donors (Lipinski definition) is 1. The van der Waals surface area contributed by atoms with Crippen molar-refractivity contribution in [2.45, 2.75) is 25.6 Å². The molecular formula is C25H22N2O4. The molecule has 0 unspecified atom stereocenters. The van der Waals surface area contributed by atoms with E-state index in [1.807, 2.05) is 72.8 Å². The zero-order chi connectivity index (χ0) is 21.2. The summed E-state index contributed by atoms with van der Waals surface area (Å²) in [4.78, 5) is 28.0. The number of carbonyl (C=O) groups excluding carboxylic acids is 2. The van der Waals surface area contributed by atoms with Crippen LogP contribution in [-0.4, -0.2) is 29.5 Å². The molecule has 2 heterocycles. The van der Waals surface area contributed by atoms with Gasteiger partial charge in [0.05, 0.1) is 0 Å². The Kier molecular flexibility index (Phi) is 5.04. The molecule has 2 aliphatic heterocycles. The summed E-state index contributed by atoms with van der Waals surface area (Å²) in [5.41, 5.74) is 3.54. The highest BCUT2D eigenvalue weighted by Crippen LogP contribution is 2.32. The molecule has 156 valence electrons. The fourth-order valence-electron chi connectivity index (χ4n) is 4.07. The highest BCUT2D eigenvalue weighted by Gasteiger charge is 2.36. The number of nitrogens with one attached hydrogen (secondary N) is 1. The molecule has 5 rings (SSSR count). The number of fused-ring (bicyclic) bond motifs is 2. The molecule has 3 aromatic carbocycles. The lowest BCUT2D eigenvalue weighted by Crippen LogP contribution is -2.48. The molecule has 0 bridgehead atoms. The van der Waals surface area contributed by atoms with Gasteiger partial charge in [0, 0.05) is 25.1 Å². The van der Waals surface area contributed by atoms with Crippen LogP contribution in [0, 0.1) is 0 Å². The lowest BCUT2D eigenvalue weighted by molar-refractivity contribution is -0.125. The average molecular weight is 414 g/mol. The molecule has 0 saturated heterocycles. The van der Waals surface area contributed by atoms with Crippen LogP contribution in [0.15, 0.2) is 72.8 Å². The van der Waals surface area contributed by atoms with Crippen molar-refractivity contribution in [3.8, 4) is 11.5 Å². The van der Waals surface area contributed by atoms with Crippen LogP contribution >= 0.6 is 0 Å². The number of carbonyl (C=O) groups is 2. The van der Waals surface area contributed by atoms with Gasteiger partial charge in [-0.2, -0.15) is 0 Å². The van der Waals surface area contributed by atoms with Crippen LogP contribution in [0.2, 0.25) is 0 Å². The first-order valence-electron chi connectivity index (χ1n) is 10.3. The molecule has 0 aliphatic carbocycles. The third-order valence-electron chi connectivity index (χ3n) is 5.70. The van der Waals surface area contributed by atoms with E-state index in [1.54, 1.807) is 4.90 Å². The minimum Gasteiger partial charge on any atom is -0.454 e. The number of benzene rings is 3. The van der Waals surface area contributed by atoms with E-state index in [9.17, 15) is 9.59 Å². The molecule has 0 radical (unpaired) electrons. The van der Waals surface area contributed by atoms with Crippen LogP contribution in [0.4, 0.5) is 0 Å². The van der Waals surface area contributed by atoms with E-state index in [4.69, 9.17) is 9.47 Å². The van der Waals surface area contributed by atoms with Crippen molar-refractivity contribution in [1.82, 2.24) is 10.2 Å². The Balaban J connectivity index is 1.35. The summed E-state index contributed by atoms with van der Waals surface area (Å²) in [6, 6.07) is 22.3. The first-order valence-corrected chi connectivity index (χ1v) is 10.3. The summed E-state index contributed by atoms with van der Waals surface area (Å²) in [5.74, 6) is 1.10. The minimum atomic E-state index is -0.601. The van der Waals surface area contributed by atoms with E-state index in [1.165, 1.54) is 0 Å². The standard InChI is InChI=1S/C25H22N2O4/c28-24(26-14-18-10-11-22-23(13-18)31-16-30-22)21(12-17-6-2-1-3-7-17)27-15-19-8-4-5-9-20(19)25(27)29/h1-11,13,21H,12,14-16H2,(H,26,28)/t21-/m0/s1. The molecule has 6 nitrogen and oxygen atoms in total. The number of rotatable bonds is 6. The van der Waals surface area contributed by atoms with Crippen LogP contribution in [-0.2, 0) is 24.3 Å². The van der Waals surface area contributed by atoms with Gasteiger partial charge in [-0.05, 0) is 34.9 Å². The van der Waals surface area contributed by atoms with Crippen molar-refractivity contribution in [3.05, 3.63) is 95.1 Å². The summed E-state index contributed by atoms with van der Waals surface area (Å²) in [5, 5.41) is 3.01. The maximum atomic E-state index is 13.3. The second kappa shape index (κ2) is 8.14. The quantitative estimate of drug-likeness (QED) is 0.672. The molecule has 0 saturated carbocycles. The first kappa shape index (κ1) is 19.2. The van der Waals surface area contributed by atoms with Crippen molar-refractivity contribution < 1.29 is 19.1 Å². The maximum absolute atomic E-state index is 13.3. The fourth-order valence-corrected chi connectivity index (χ4v) is 4.07. The SMILES string of the molecule is O=C(NCc1ccc2c(c1)OCO2)[C@H](Cc1ccccc1)N1Cc2ccccc2C1=O. The van der Waals surface area contributed by atoms with Crippen LogP contribution in [0.1, 0.15) is 27.0 Å². The largest absolute Gasteiger partial charge is 0.454 e. The monoisotopic (exact) mass is 414 g/mol. The van der Waals surface area contributed by atoms with Gasteiger partial charge in [-0.15, -0.1) is 0 Å². The Bertz CT molecular complexity index is 1130. The second-order valence-electron chi connectivity index (χ2n) is 7.70. The van der Waals surface area contributed by atoms with Gasteiger partial charge < -0.3 is 19.7 Å². The summed E-state index contributed by atoms with van der Waals surface area (Å²) in [7, 11) is 0. The lowest BCUT2D eigenvalue weighted by atomic mass is 10.0. The second-order valence-corrected chi connectivity index (χ2v) is 7.70. The van der Waals surface area contributed by atoms with Crippen LogP contribution in [0.5, 0.6) is 11.5 Å². The highest BCUT2D eigenvalue weighted by molar-refractivity contribution is 6.01. The van der Waals surface area contributed by atoms with Gasteiger partial charge in [-0.3, -0.25) is 9.59 Å². The van der Waals surface area contributed by atoms with Crippen LogP contribution in [0.3, 0.4) is 0 Å². The topological polar surface area (TPSA) is 67.9 Å². The van der Waals surface area contributed by atoms with Gasteiger partial charge in [0.15, 0.2) is 11.5 Å². The van der Waals surface area contributed by atoms with Crippen molar-refractivity contribution in [2.24, 2.45) is 0 Å². The lowest BCUT2D eigenvalue weighted by Gasteiger charge is -2.27. The molecule has 1 N–H and O–H groups in total. The van der Waals surface area contributed by atoms with Gasteiger partial charge in [0.1, 0.15) is 6.04 Å². The third-order valence-corrected chi connectivity index (χ3v) is 5.70. The molecule has 0 aromatic heterocycles. The molecule has 0 spiro atoms. The van der Waals surface area contributed by atoms with Gasteiger partial charge >= 0.3 is 0 Å². The van der Waals surface area contributed by atoms with Crippen molar-refractivity contribution in [2.75, 3.05) is 6.79 Å². The summed E-state index contributed by atoms with van der Waals surface area (Å²) in [6.07, 6.45) is 0.452. The maximum Gasteiger partial charge on any atom is 0.255 e. The highest BCUT2D eigenvalue weighted by atomic mass is 16.7. The molecule has 1 atom stereocenters. The van der Waals surface area contributed by atoms with Crippen LogP contribution in [0.25, 0.3) is 0 Å². The molecule has 6 heteroatoms. The molecule has 0 fully saturated rings. The number of ether oxygens (including phenoxy) is 2. The fraction of sp³-hybridized carbons (Fsp3) is 0.200. The van der Waals surface area contributed by atoms with Crippen molar-refractivity contribution >= 4 is 11.8 Å². The molecule has 2 aliphatic rings. The van der Waals surface area contributed by atoms with E-state index in [-0.39, 0.29) is 18.6 Å². The normalized spacial score (nSPS) is 15.0. The van der Waals surface area contributed by atoms with Crippen LogP contribution < -0.4 is 14.8 Å². The summed E-state index contributed by atoms with van der Waals surface area (Å²) >= 11 is 0.